The average Bonchev–Trinajstić information content (AvgIpc) is 3.11. The minimum Gasteiger partial charge on any atom is -0.356 e. The molecule has 0 aliphatic carbocycles. The zero-order valence-corrected chi connectivity index (χ0v) is 14.7. The van der Waals surface area contributed by atoms with Crippen molar-refractivity contribution in [1.82, 2.24) is 15.5 Å². The molecule has 0 radical (unpaired) electrons. The van der Waals surface area contributed by atoms with E-state index >= 15 is 0 Å². The number of benzene rings is 2. The van der Waals surface area contributed by atoms with E-state index < -0.39 is 5.82 Å². The lowest BCUT2D eigenvalue weighted by Gasteiger charge is -2.04. The van der Waals surface area contributed by atoms with Gasteiger partial charge in [-0.2, -0.15) is 4.98 Å². The summed E-state index contributed by atoms with van der Waals surface area (Å²) >= 11 is 5.83. The maximum absolute atomic E-state index is 13.7. The number of hydrogen-bond donors (Lipinski definition) is 1. The maximum atomic E-state index is 13.7. The van der Waals surface area contributed by atoms with E-state index in [0.29, 0.717) is 23.9 Å². The summed E-state index contributed by atoms with van der Waals surface area (Å²) < 4.78 is 18.8. The number of carbonyl (C=O) groups excluding carboxylic acids is 1. The number of aromatic nitrogens is 2. The molecule has 0 atom stereocenters. The minimum absolute atomic E-state index is 0.107. The second-order valence-corrected chi connectivity index (χ2v) is 6.15. The third-order valence-electron chi connectivity index (χ3n) is 3.80. The van der Waals surface area contributed by atoms with Gasteiger partial charge in [-0.25, -0.2) is 4.39 Å². The van der Waals surface area contributed by atoms with Crippen LogP contribution in [0.2, 0.25) is 5.02 Å². The van der Waals surface area contributed by atoms with Gasteiger partial charge in [0.1, 0.15) is 5.82 Å². The molecular formula is C19H17ClFN3O2. The predicted molar refractivity (Wildman–Crippen MR) is 96.2 cm³/mol. The van der Waals surface area contributed by atoms with Crippen molar-refractivity contribution in [2.24, 2.45) is 0 Å². The number of carbonyl (C=O) groups is 1. The molecule has 1 N–H and O–H groups in total. The van der Waals surface area contributed by atoms with E-state index in [9.17, 15) is 9.18 Å². The molecule has 0 fully saturated rings. The molecule has 0 bridgehead atoms. The van der Waals surface area contributed by atoms with Crippen LogP contribution in [0, 0.1) is 5.82 Å². The number of aryl methyl sites for hydroxylation is 1. The van der Waals surface area contributed by atoms with Crippen molar-refractivity contribution < 1.29 is 13.7 Å². The highest BCUT2D eigenvalue weighted by molar-refractivity contribution is 6.30. The van der Waals surface area contributed by atoms with Crippen LogP contribution in [0.15, 0.2) is 53.1 Å². The summed E-state index contributed by atoms with van der Waals surface area (Å²) in [6.45, 7) is 0.533. The maximum Gasteiger partial charge on any atom is 0.227 e. The number of amides is 1. The van der Waals surface area contributed by atoms with Crippen molar-refractivity contribution in [3.05, 3.63) is 70.8 Å². The first-order valence-electron chi connectivity index (χ1n) is 8.20. The van der Waals surface area contributed by atoms with Crippen LogP contribution >= 0.6 is 11.6 Å². The number of halogens is 2. The van der Waals surface area contributed by atoms with Gasteiger partial charge in [0.05, 0.1) is 5.56 Å². The Kier molecular flexibility index (Phi) is 5.96. The van der Waals surface area contributed by atoms with Gasteiger partial charge < -0.3 is 9.84 Å². The molecule has 0 saturated carbocycles. The van der Waals surface area contributed by atoms with E-state index in [1.165, 1.54) is 6.07 Å². The fourth-order valence-electron chi connectivity index (χ4n) is 2.41. The Balaban J connectivity index is 1.45. The third-order valence-corrected chi connectivity index (χ3v) is 4.05. The molecule has 3 rings (SSSR count). The molecule has 0 spiro atoms. The van der Waals surface area contributed by atoms with E-state index in [2.05, 4.69) is 15.5 Å². The summed E-state index contributed by atoms with van der Waals surface area (Å²) in [6, 6.07) is 13.7. The highest BCUT2D eigenvalue weighted by Gasteiger charge is 2.13. The molecule has 0 unspecified atom stereocenters. The lowest BCUT2D eigenvalue weighted by molar-refractivity contribution is -0.121. The Hall–Kier alpha value is -2.73. The van der Waals surface area contributed by atoms with Crippen LogP contribution in [-0.4, -0.2) is 22.6 Å². The number of hydrogen-bond acceptors (Lipinski definition) is 4. The first kappa shape index (κ1) is 18.1. The summed E-state index contributed by atoms with van der Waals surface area (Å²) in [5, 5.41) is 7.29. The number of nitrogens with one attached hydrogen (secondary N) is 1. The van der Waals surface area contributed by atoms with Crippen molar-refractivity contribution in [3.63, 3.8) is 0 Å². The molecule has 1 amide bonds. The Morgan fingerprint density at radius 2 is 1.88 bits per heavy atom. The Bertz CT molecular complexity index is 881. The lowest BCUT2D eigenvalue weighted by Crippen LogP contribution is -2.25. The Morgan fingerprint density at radius 1 is 1.12 bits per heavy atom. The van der Waals surface area contributed by atoms with Crippen LogP contribution in [0.4, 0.5) is 4.39 Å². The van der Waals surface area contributed by atoms with Crippen LogP contribution in [-0.2, 0) is 17.6 Å². The number of nitrogens with zero attached hydrogens (tertiary/aromatic N) is 2. The van der Waals surface area contributed by atoms with Crippen molar-refractivity contribution in [1.29, 1.82) is 0 Å². The molecule has 5 nitrogen and oxygen atoms in total. The molecule has 2 aromatic carbocycles. The second-order valence-electron chi connectivity index (χ2n) is 5.72. The zero-order chi connectivity index (χ0) is 18.4. The monoisotopic (exact) mass is 373 g/mol. The van der Waals surface area contributed by atoms with Gasteiger partial charge in [-0.05, 0) is 36.2 Å². The largest absolute Gasteiger partial charge is 0.356 e. The van der Waals surface area contributed by atoms with Crippen LogP contribution in [0.1, 0.15) is 17.9 Å². The fraction of sp³-hybridized carbons (Fsp3) is 0.211. The highest BCUT2D eigenvalue weighted by Crippen LogP contribution is 2.19. The van der Waals surface area contributed by atoms with Gasteiger partial charge >= 0.3 is 0 Å². The second kappa shape index (κ2) is 8.58. The fourth-order valence-corrected chi connectivity index (χ4v) is 2.54. The van der Waals surface area contributed by atoms with Crippen molar-refractivity contribution >= 4 is 17.5 Å². The van der Waals surface area contributed by atoms with Gasteiger partial charge in [-0.3, -0.25) is 4.79 Å². The van der Waals surface area contributed by atoms with Crippen LogP contribution in [0.5, 0.6) is 0 Å². The Labute approximate surface area is 155 Å². The first-order valence-corrected chi connectivity index (χ1v) is 8.58. The lowest BCUT2D eigenvalue weighted by atomic mass is 10.1. The quantitative estimate of drug-likeness (QED) is 0.683. The SMILES string of the molecule is O=C(CCc1nc(-c2ccccc2F)no1)NCCc1ccc(Cl)cc1. The summed E-state index contributed by atoms with van der Waals surface area (Å²) in [5.74, 6) is -0.0400. The van der Waals surface area contributed by atoms with Gasteiger partial charge in [0.2, 0.25) is 17.6 Å². The average molecular weight is 374 g/mol. The van der Waals surface area contributed by atoms with Crippen molar-refractivity contribution in [2.75, 3.05) is 6.54 Å². The topological polar surface area (TPSA) is 68.0 Å². The van der Waals surface area contributed by atoms with Gasteiger partial charge in [-0.15, -0.1) is 0 Å². The predicted octanol–water partition coefficient (Wildman–Crippen LogP) is 3.82. The van der Waals surface area contributed by atoms with E-state index in [1.54, 1.807) is 18.2 Å². The molecule has 134 valence electrons. The molecular weight excluding hydrogens is 357 g/mol. The van der Waals surface area contributed by atoms with Crippen molar-refractivity contribution in [2.45, 2.75) is 19.3 Å². The molecule has 0 aliphatic heterocycles. The molecule has 0 saturated heterocycles. The van der Waals surface area contributed by atoms with Gasteiger partial charge in [0.25, 0.3) is 0 Å². The van der Waals surface area contributed by atoms with Gasteiger partial charge in [0.15, 0.2) is 0 Å². The summed E-state index contributed by atoms with van der Waals surface area (Å²) in [6.07, 6.45) is 1.24. The molecule has 1 heterocycles. The van der Waals surface area contributed by atoms with E-state index in [4.69, 9.17) is 16.1 Å². The van der Waals surface area contributed by atoms with E-state index in [-0.39, 0.29) is 23.7 Å². The normalized spacial score (nSPS) is 10.7. The number of rotatable bonds is 7. The van der Waals surface area contributed by atoms with E-state index in [1.807, 2.05) is 24.3 Å². The van der Waals surface area contributed by atoms with Gasteiger partial charge in [0, 0.05) is 24.4 Å². The summed E-state index contributed by atoms with van der Waals surface area (Å²) in [7, 11) is 0. The first-order chi connectivity index (χ1) is 12.6. The molecule has 7 heteroatoms. The van der Waals surface area contributed by atoms with Gasteiger partial charge in [-0.1, -0.05) is 41.0 Å². The standard InChI is InChI=1S/C19H17ClFN3O2/c20-14-7-5-13(6-8-14)11-12-22-17(25)9-10-18-23-19(24-26-18)15-3-1-2-4-16(15)21/h1-8H,9-12H2,(H,22,25). The van der Waals surface area contributed by atoms with Crippen LogP contribution in [0.3, 0.4) is 0 Å². The molecule has 1 aromatic heterocycles. The smallest absolute Gasteiger partial charge is 0.227 e. The molecule has 3 aromatic rings. The summed E-state index contributed by atoms with van der Waals surface area (Å²) in [4.78, 5) is 16.0. The van der Waals surface area contributed by atoms with Crippen LogP contribution in [0.25, 0.3) is 11.4 Å². The van der Waals surface area contributed by atoms with E-state index in [0.717, 1.165) is 12.0 Å². The molecule has 26 heavy (non-hydrogen) atoms. The minimum atomic E-state index is -0.417. The zero-order valence-electron chi connectivity index (χ0n) is 13.9. The van der Waals surface area contributed by atoms with Crippen molar-refractivity contribution in [3.8, 4) is 11.4 Å². The third kappa shape index (κ3) is 4.89. The van der Waals surface area contributed by atoms with Crippen LogP contribution < -0.4 is 5.32 Å². The highest BCUT2D eigenvalue weighted by atomic mass is 35.5. The molecule has 0 aliphatic rings. The summed E-state index contributed by atoms with van der Waals surface area (Å²) in [5.41, 5.74) is 1.37. The Morgan fingerprint density at radius 3 is 2.65 bits per heavy atom.